The Kier molecular flexibility index (Phi) is 8.60. The molecule has 2 aromatic rings. The van der Waals surface area contributed by atoms with Crippen LogP contribution in [0.4, 0.5) is 5.69 Å². The number of ether oxygens (including phenoxy) is 1. The minimum atomic E-state index is -0.663. The van der Waals surface area contributed by atoms with Crippen molar-refractivity contribution in [1.82, 2.24) is 15.5 Å². The van der Waals surface area contributed by atoms with Crippen molar-refractivity contribution in [2.24, 2.45) is 9.98 Å². The van der Waals surface area contributed by atoms with Crippen molar-refractivity contribution in [1.29, 1.82) is 0 Å². The maximum Gasteiger partial charge on any atom is 0.270 e. The monoisotopic (exact) mass is 521 g/mol. The number of carbonyl (C=O) groups excluding carboxylic acids is 3. The molecule has 0 fully saturated rings. The van der Waals surface area contributed by atoms with Gasteiger partial charge >= 0.3 is 0 Å². The van der Waals surface area contributed by atoms with Gasteiger partial charge in [0, 0.05) is 30.1 Å². The summed E-state index contributed by atoms with van der Waals surface area (Å²) < 4.78 is 5.34. The Labute approximate surface area is 220 Å². The van der Waals surface area contributed by atoms with Crippen LogP contribution in [0.15, 0.2) is 58.5 Å². The van der Waals surface area contributed by atoms with Crippen LogP contribution in [0, 0.1) is 0 Å². The molecule has 2 heterocycles. The highest BCUT2D eigenvalue weighted by atomic mass is 32.2. The summed E-state index contributed by atoms with van der Waals surface area (Å²) in [7, 11) is 1.59. The Morgan fingerprint density at radius 2 is 1.86 bits per heavy atom. The lowest BCUT2D eigenvalue weighted by Crippen LogP contribution is -2.44. The lowest BCUT2D eigenvalue weighted by atomic mass is 10.1. The van der Waals surface area contributed by atoms with E-state index in [1.165, 1.54) is 11.8 Å². The van der Waals surface area contributed by atoms with Crippen LogP contribution in [0.1, 0.15) is 44.2 Å². The Balaban J connectivity index is 1.44. The number of carbonyl (C=O) groups is 3. The van der Waals surface area contributed by atoms with E-state index in [1.54, 1.807) is 12.0 Å². The van der Waals surface area contributed by atoms with Crippen molar-refractivity contribution in [3.8, 4) is 5.75 Å². The fourth-order valence-electron chi connectivity index (χ4n) is 4.12. The second-order valence-electron chi connectivity index (χ2n) is 8.86. The van der Waals surface area contributed by atoms with E-state index < -0.39 is 6.04 Å². The Bertz CT molecular complexity index is 1240. The van der Waals surface area contributed by atoms with E-state index in [-0.39, 0.29) is 42.4 Å². The summed E-state index contributed by atoms with van der Waals surface area (Å²) in [4.78, 5) is 48.9. The van der Waals surface area contributed by atoms with Gasteiger partial charge in [0.2, 0.25) is 11.8 Å². The fraction of sp³-hybridized carbons (Fsp3) is 0.370. The standard InChI is InChI=1S/C27H31N5O4S/c1-4-17(2)29-24(34)16-37-27-30-20-11-7-6-10-19(20)25-31-26(35)21(32(25)27)13-14-23(33)28-15-18-9-5-8-12-22(18)36-3/h5-12,17,21H,4,13-16H2,1-3H3,(H,28,33)(H,29,34). The van der Waals surface area contributed by atoms with Gasteiger partial charge in [-0.25, -0.2) is 4.99 Å². The molecule has 2 aliphatic rings. The van der Waals surface area contributed by atoms with Gasteiger partial charge in [0.05, 0.1) is 18.6 Å². The summed E-state index contributed by atoms with van der Waals surface area (Å²) in [5.41, 5.74) is 2.33. The molecule has 2 aromatic carbocycles. The van der Waals surface area contributed by atoms with Gasteiger partial charge in [-0.2, -0.15) is 4.99 Å². The molecule has 0 bridgehead atoms. The molecule has 2 aliphatic heterocycles. The summed E-state index contributed by atoms with van der Waals surface area (Å²) in [5, 5.41) is 6.38. The molecule has 0 aliphatic carbocycles. The first kappa shape index (κ1) is 26.4. The summed E-state index contributed by atoms with van der Waals surface area (Å²) in [6.07, 6.45) is 1.24. The van der Waals surface area contributed by atoms with Gasteiger partial charge in [-0.3, -0.25) is 19.3 Å². The lowest BCUT2D eigenvalue weighted by Gasteiger charge is -2.31. The number of rotatable bonds is 10. The van der Waals surface area contributed by atoms with Gasteiger partial charge in [-0.1, -0.05) is 49.0 Å². The van der Waals surface area contributed by atoms with Crippen molar-refractivity contribution in [2.75, 3.05) is 12.9 Å². The number of aliphatic imine (C=N–C) groups is 2. The molecule has 3 amide bonds. The highest BCUT2D eigenvalue weighted by Crippen LogP contribution is 2.35. The molecule has 2 atom stereocenters. The van der Waals surface area contributed by atoms with E-state index in [0.29, 0.717) is 29.0 Å². The minimum Gasteiger partial charge on any atom is -0.496 e. The van der Waals surface area contributed by atoms with Crippen molar-refractivity contribution in [3.05, 3.63) is 59.7 Å². The molecular formula is C27H31N5O4S. The summed E-state index contributed by atoms with van der Waals surface area (Å²) in [6, 6.07) is 14.4. The van der Waals surface area contributed by atoms with Crippen molar-refractivity contribution in [3.63, 3.8) is 0 Å². The zero-order valence-corrected chi connectivity index (χ0v) is 22.0. The molecule has 10 heteroatoms. The number of para-hydroxylation sites is 2. The SMILES string of the molecule is CCC(C)NC(=O)CSC1=Nc2ccccc2C2=NC(=O)C(CCC(=O)NCc3ccccc3OC)N12. The molecule has 0 radical (unpaired) electrons. The molecule has 2 N–H and O–H groups in total. The predicted octanol–water partition coefficient (Wildman–Crippen LogP) is 3.40. The molecule has 37 heavy (non-hydrogen) atoms. The van der Waals surface area contributed by atoms with E-state index in [0.717, 1.165) is 17.5 Å². The van der Waals surface area contributed by atoms with Crippen molar-refractivity contribution >= 4 is 46.2 Å². The minimum absolute atomic E-state index is 0.0784. The fourth-order valence-corrected chi connectivity index (χ4v) is 4.98. The Morgan fingerprint density at radius 1 is 1.11 bits per heavy atom. The number of hydrogen-bond donors (Lipinski definition) is 2. The third-order valence-electron chi connectivity index (χ3n) is 6.27. The average molecular weight is 522 g/mol. The zero-order valence-electron chi connectivity index (χ0n) is 21.2. The number of amidine groups is 2. The van der Waals surface area contributed by atoms with Crippen LogP contribution < -0.4 is 15.4 Å². The molecule has 9 nitrogen and oxygen atoms in total. The number of amides is 3. The van der Waals surface area contributed by atoms with Crippen LogP contribution >= 0.6 is 11.8 Å². The lowest BCUT2D eigenvalue weighted by molar-refractivity contribution is -0.122. The van der Waals surface area contributed by atoms with Gasteiger partial charge in [-0.05, 0) is 38.0 Å². The van der Waals surface area contributed by atoms with E-state index >= 15 is 0 Å². The second-order valence-corrected chi connectivity index (χ2v) is 9.81. The highest BCUT2D eigenvalue weighted by Gasteiger charge is 2.41. The van der Waals surface area contributed by atoms with Crippen LogP contribution in [0.5, 0.6) is 5.75 Å². The summed E-state index contributed by atoms with van der Waals surface area (Å²) in [6.45, 7) is 4.29. The van der Waals surface area contributed by atoms with E-state index in [9.17, 15) is 14.4 Å². The van der Waals surface area contributed by atoms with Crippen molar-refractivity contribution < 1.29 is 19.1 Å². The first-order valence-electron chi connectivity index (χ1n) is 12.3. The number of fused-ring (bicyclic) bond motifs is 3. The average Bonchev–Trinajstić information content (AvgIpc) is 3.25. The normalized spacial score (nSPS) is 16.8. The summed E-state index contributed by atoms with van der Waals surface area (Å²) in [5.74, 6) is 0.784. The van der Waals surface area contributed by atoms with Crippen molar-refractivity contribution in [2.45, 2.75) is 51.7 Å². The first-order valence-corrected chi connectivity index (χ1v) is 13.3. The third kappa shape index (κ3) is 6.19. The number of hydrogen-bond acceptors (Lipinski definition) is 7. The van der Waals surface area contributed by atoms with Gasteiger partial charge in [0.25, 0.3) is 5.91 Å². The number of benzene rings is 2. The maximum atomic E-state index is 13.0. The van der Waals surface area contributed by atoms with Crippen LogP contribution in [-0.2, 0) is 20.9 Å². The second kappa shape index (κ2) is 12.1. The maximum absolute atomic E-state index is 13.0. The molecule has 4 rings (SSSR count). The molecule has 0 saturated heterocycles. The van der Waals surface area contributed by atoms with Crippen LogP contribution in [-0.4, -0.2) is 58.6 Å². The number of nitrogens with zero attached hydrogens (tertiary/aromatic N) is 3. The Hall–Kier alpha value is -3.66. The van der Waals surface area contributed by atoms with E-state index in [1.807, 2.05) is 62.4 Å². The van der Waals surface area contributed by atoms with Crippen LogP contribution in [0.3, 0.4) is 0 Å². The molecule has 2 unspecified atom stereocenters. The Morgan fingerprint density at radius 3 is 2.65 bits per heavy atom. The molecule has 0 saturated carbocycles. The van der Waals surface area contributed by atoms with E-state index in [2.05, 4.69) is 15.6 Å². The van der Waals surface area contributed by atoms with Gasteiger partial charge in [0.1, 0.15) is 17.6 Å². The number of methoxy groups -OCH3 is 1. The molecule has 0 aromatic heterocycles. The first-order chi connectivity index (χ1) is 17.9. The predicted molar refractivity (Wildman–Crippen MR) is 145 cm³/mol. The highest BCUT2D eigenvalue weighted by molar-refractivity contribution is 8.14. The van der Waals surface area contributed by atoms with Crippen LogP contribution in [0.25, 0.3) is 0 Å². The third-order valence-corrected chi connectivity index (χ3v) is 7.23. The van der Waals surface area contributed by atoms with Crippen LogP contribution in [0.2, 0.25) is 0 Å². The molecule has 194 valence electrons. The smallest absolute Gasteiger partial charge is 0.270 e. The number of nitrogens with one attached hydrogen (secondary N) is 2. The number of thioether (sulfide) groups is 1. The zero-order chi connectivity index (χ0) is 26.4. The largest absolute Gasteiger partial charge is 0.496 e. The van der Waals surface area contributed by atoms with E-state index in [4.69, 9.17) is 9.73 Å². The quantitative estimate of drug-likeness (QED) is 0.496. The topological polar surface area (TPSA) is 112 Å². The molecular weight excluding hydrogens is 490 g/mol. The van der Waals surface area contributed by atoms with Gasteiger partial charge < -0.3 is 15.4 Å². The van der Waals surface area contributed by atoms with Gasteiger partial charge in [-0.15, -0.1) is 0 Å². The van der Waals surface area contributed by atoms with Gasteiger partial charge in [0.15, 0.2) is 5.17 Å². The summed E-state index contributed by atoms with van der Waals surface area (Å²) >= 11 is 1.27. The molecule has 0 spiro atoms.